The molecule has 1 rings (SSSR count). The van der Waals surface area contributed by atoms with Crippen LogP contribution in [0.3, 0.4) is 0 Å². The molecule has 4 nitrogen and oxygen atoms in total. The topological polar surface area (TPSA) is 58.2 Å². The van der Waals surface area contributed by atoms with Gasteiger partial charge in [0.15, 0.2) is 0 Å². The van der Waals surface area contributed by atoms with Crippen LogP contribution >= 0.6 is 0 Å². The average Bonchev–Trinajstić information content (AvgIpc) is 2.44. The molecule has 0 saturated heterocycles. The number of hydrogen-bond acceptors (Lipinski definition) is 2. The summed E-state index contributed by atoms with van der Waals surface area (Å²) in [4.78, 5) is 22.8. The predicted octanol–water partition coefficient (Wildman–Crippen LogP) is 2.08. The molecule has 0 saturated carbocycles. The molecule has 2 amide bonds. The summed E-state index contributed by atoms with van der Waals surface area (Å²) in [6, 6.07) is 0. The second kappa shape index (κ2) is 9.36. The smallest absolute Gasteiger partial charge is 0.220 e. The Morgan fingerprint density at radius 3 is 2.58 bits per heavy atom. The number of hydrogen-bond donors (Lipinski definition) is 2. The molecule has 0 aliphatic heterocycles. The first-order valence-electron chi connectivity index (χ1n) is 7.04. The minimum atomic E-state index is -0.106. The Kier molecular flexibility index (Phi) is 7.63. The lowest BCUT2D eigenvalue weighted by Crippen LogP contribution is -2.28. The van der Waals surface area contributed by atoms with Gasteiger partial charge in [-0.05, 0) is 32.1 Å². The highest BCUT2D eigenvalue weighted by atomic mass is 16.2. The van der Waals surface area contributed by atoms with Gasteiger partial charge in [0.2, 0.25) is 11.8 Å². The molecule has 0 spiro atoms. The molecule has 0 heterocycles. The monoisotopic (exact) mass is 264 g/mol. The van der Waals surface area contributed by atoms with Crippen LogP contribution in [0.1, 0.15) is 44.9 Å². The number of allylic oxidation sites excluding steroid dienone is 1. The van der Waals surface area contributed by atoms with Crippen molar-refractivity contribution in [2.45, 2.75) is 44.9 Å². The van der Waals surface area contributed by atoms with Gasteiger partial charge < -0.3 is 10.6 Å². The molecule has 4 heteroatoms. The van der Waals surface area contributed by atoms with Crippen molar-refractivity contribution in [1.82, 2.24) is 10.6 Å². The highest BCUT2D eigenvalue weighted by molar-refractivity contribution is 5.83. The third kappa shape index (κ3) is 7.44. The summed E-state index contributed by atoms with van der Waals surface area (Å²) in [6.07, 6.45) is 10.2. The Morgan fingerprint density at radius 2 is 1.95 bits per heavy atom. The van der Waals surface area contributed by atoms with Gasteiger partial charge in [-0.2, -0.15) is 0 Å². The predicted molar refractivity (Wildman–Crippen MR) is 76.6 cm³/mol. The third-order valence-corrected chi connectivity index (χ3v) is 3.18. The first-order valence-corrected chi connectivity index (χ1v) is 7.04. The van der Waals surface area contributed by atoms with Gasteiger partial charge in [0, 0.05) is 25.9 Å². The van der Waals surface area contributed by atoms with Gasteiger partial charge in [0.25, 0.3) is 0 Å². The highest BCUT2D eigenvalue weighted by Gasteiger charge is 2.07. The maximum Gasteiger partial charge on any atom is 0.220 e. The van der Waals surface area contributed by atoms with Crippen molar-refractivity contribution in [1.29, 1.82) is 0 Å². The minimum absolute atomic E-state index is 0.0508. The fourth-order valence-electron chi connectivity index (χ4n) is 2.08. The summed E-state index contributed by atoms with van der Waals surface area (Å²) in [6.45, 7) is 4.65. The van der Waals surface area contributed by atoms with E-state index in [1.807, 2.05) is 0 Å². The molecule has 1 aliphatic rings. The lowest BCUT2D eigenvalue weighted by Gasteiger charge is -2.12. The van der Waals surface area contributed by atoms with Gasteiger partial charge in [0.05, 0.1) is 0 Å². The van der Waals surface area contributed by atoms with Crippen LogP contribution in [-0.2, 0) is 9.59 Å². The molecule has 1 aliphatic carbocycles. The zero-order valence-corrected chi connectivity index (χ0v) is 11.5. The van der Waals surface area contributed by atoms with E-state index in [-0.39, 0.29) is 24.7 Å². The molecular formula is C15H24N2O2. The second-order valence-corrected chi connectivity index (χ2v) is 4.80. The fourth-order valence-corrected chi connectivity index (χ4v) is 2.08. The summed E-state index contributed by atoms with van der Waals surface area (Å²) in [7, 11) is 0. The van der Waals surface area contributed by atoms with Gasteiger partial charge in [-0.15, -0.1) is 6.58 Å². The van der Waals surface area contributed by atoms with Gasteiger partial charge in [-0.3, -0.25) is 9.59 Å². The number of amides is 2. The maximum absolute atomic E-state index is 11.5. The molecule has 106 valence electrons. The average molecular weight is 264 g/mol. The first-order chi connectivity index (χ1) is 9.22. The summed E-state index contributed by atoms with van der Waals surface area (Å²) >= 11 is 0. The summed E-state index contributed by atoms with van der Waals surface area (Å²) in [5, 5.41) is 5.51. The highest BCUT2D eigenvalue weighted by Crippen LogP contribution is 2.19. The molecule has 2 N–H and O–H groups in total. The van der Waals surface area contributed by atoms with Crippen LogP contribution in [-0.4, -0.2) is 24.9 Å². The van der Waals surface area contributed by atoms with Crippen LogP contribution in [0.15, 0.2) is 24.3 Å². The van der Waals surface area contributed by atoms with Gasteiger partial charge >= 0.3 is 0 Å². The SMILES string of the molecule is C=CCNC(=O)CCC(=O)NCCC1=CCCCC1. The largest absolute Gasteiger partial charge is 0.356 e. The quantitative estimate of drug-likeness (QED) is 0.659. The van der Waals surface area contributed by atoms with Crippen LogP contribution in [0.2, 0.25) is 0 Å². The van der Waals surface area contributed by atoms with Crippen LogP contribution < -0.4 is 10.6 Å². The van der Waals surface area contributed by atoms with Crippen LogP contribution in [0.4, 0.5) is 0 Å². The van der Waals surface area contributed by atoms with Crippen molar-refractivity contribution < 1.29 is 9.59 Å². The normalized spacial score (nSPS) is 14.4. The molecule has 19 heavy (non-hydrogen) atoms. The summed E-state index contributed by atoms with van der Waals surface area (Å²) in [5.74, 6) is -0.157. The molecule has 0 aromatic heterocycles. The van der Waals surface area contributed by atoms with Crippen LogP contribution in [0, 0.1) is 0 Å². The Bertz CT molecular complexity index is 348. The summed E-state index contributed by atoms with van der Waals surface area (Å²) < 4.78 is 0. The van der Waals surface area contributed by atoms with Crippen LogP contribution in [0.5, 0.6) is 0 Å². The maximum atomic E-state index is 11.5. The van der Waals surface area contributed by atoms with Crippen molar-refractivity contribution in [3.8, 4) is 0 Å². The van der Waals surface area contributed by atoms with Crippen LogP contribution in [0.25, 0.3) is 0 Å². The Hall–Kier alpha value is -1.58. The molecule has 0 radical (unpaired) electrons. The summed E-state index contributed by atoms with van der Waals surface area (Å²) in [5.41, 5.74) is 1.45. The van der Waals surface area contributed by atoms with Gasteiger partial charge in [0.1, 0.15) is 0 Å². The van der Waals surface area contributed by atoms with E-state index in [0.717, 1.165) is 6.42 Å². The Morgan fingerprint density at radius 1 is 1.21 bits per heavy atom. The first kappa shape index (κ1) is 15.5. The number of carbonyl (C=O) groups is 2. The van der Waals surface area contributed by atoms with E-state index in [9.17, 15) is 9.59 Å². The standard InChI is InChI=1S/C15H24N2O2/c1-2-11-16-14(18)8-9-15(19)17-12-10-13-6-4-3-5-7-13/h2,6H,1,3-5,7-12H2,(H,16,18)(H,17,19). The van der Waals surface area contributed by atoms with Gasteiger partial charge in [-0.1, -0.05) is 17.7 Å². The zero-order valence-electron chi connectivity index (χ0n) is 11.5. The third-order valence-electron chi connectivity index (χ3n) is 3.18. The van der Waals surface area contributed by atoms with E-state index in [2.05, 4.69) is 23.3 Å². The van der Waals surface area contributed by atoms with Gasteiger partial charge in [-0.25, -0.2) is 0 Å². The molecule has 0 bridgehead atoms. The van der Waals surface area contributed by atoms with Crippen molar-refractivity contribution >= 4 is 11.8 Å². The zero-order chi connectivity index (χ0) is 13.9. The van der Waals surface area contributed by atoms with E-state index in [1.165, 1.54) is 31.3 Å². The molecule has 0 aromatic carbocycles. The lowest BCUT2D eigenvalue weighted by atomic mass is 9.97. The van der Waals surface area contributed by atoms with E-state index >= 15 is 0 Å². The number of nitrogens with one attached hydrogen (secondary N) is 2. The Balaban J connectivity index is 2.05. The molecular weight excluding hydrogens is 240 g/mol. The van der Waals surface area contributed by atoms with E-state index in [1.54, 1.807) is 6.08 Å². The van der Waals surface area contributed by atoms with Crippen molar-refractivity contribution in [3.63, 3.8) is 0 Å². The fraction of sp³-hybridized carbons (Fsp3) is 0.600. The second-order valence-electron chi connectivity index (χ2n) is 4.80. The van der Waals surface area contributed by atoms with Crippen molar-refractivity contribution in [2.75, 3.05) is 13.1 Å². The minimum Gasteiger partial charge on any atom is -0.356 e. The molecule has 0 atom stereocenters. The molecule has 0 fully saturated rings. The molecule has 0 unspecified atom stereocenters. The molecule has 0 aromatic rings. The number of rotatable bonds is 8. The van der Waals surface area contributed by atoms with E-state index < -0.39 is 0 Å². The lowest BCUT2D eigenvalue weighted by molar-refractivity contribution is -0.126. The van der Waals surface area contributed by atoms with E-state index in [0.29, 0.717) is 13.1 Å². The number of carbonyl (C=O) groups excluding carboxylic acids is 2. The Labute approximate surface area is 115 Å². The van der Waals surface area contributed by atoms with Crippen molar-refractivity contribution in [2.24, 2.45) is 0 Å². The van der Waals surface area contributed by atoms with E-state index in [4.69, 9.17) is 0 Å². The van der Waals surface area contributed by atoms with Crippen molar-refractivity contribution in [3.05, 3.63) is 24.3 Å².